The molecule has 0 unspecified atom stereocenters. The van der Waals surface area contributed by atoms with Crippen LogP contribution in [0.5, 0.6) is 0 Å². The molecule has 3 rings (SSSR count). The second kappa shape index (κ2) is 6.25. The summed E-state index contributed by atoms with van der Waals surface area (Å²) in [5.41, 5.74) is 7.46. The third-order valence-electron chi connectivity index (χ3n) is 2.33. The number of rotatable bonds is 3. The van der Waals surface area contributed by atoms with Crippen LogP contribution in [-0.2, 0) is 0 Å². The Morgan fingerprint density at radius 1 is 1.20 bits per heavy atom. The Morgan fingerprint density at radius 3 is 2.60 bits per heavy atom. The van der Waals surface area contributed by atoms with E-state index in [0.717, 1.165) is 21.4 Å². The molecule has 0 aromatic carbocycles. The molecule has 3 heterocycles. The monoisotopic (exact) mass is 370 g/mol. The number of aromatic nitrogens is 4. The highest BCUT2D eigenvalue weighted by Gasteiger charge is 2.12. The molecule has 9 heteroatoms. The molecule has 3 N–H and O–H groups in total. The van der Waals surface area contributed by atoms with E-state index in [9.17, 15) is 0 Å². The lowest BCUT2D eigenvalue weighted by Gasteiger charge is -1.98. The summed E-state index contributed by atoms with van der Waals surface area (Å²) in [4.78, 5) is 17.9. The summed E-state index contributed by atoms with van der Waals surface area (Å²) in [7, 11) is 0. The number of aryl methyl sites for hydroxylation is 1. The Labute approximate surface area is 133 Å². The standard InChI is InChI=1S/C11H10N6S2.BrH/c1-6-8(19-9(12)15-6)7-5-18-11(16-7)17-10-13-3-2-4-14-10;/h2-5H,1H3,(H2,12,15)(H,13,14,16,17);1H. The molecule has 0 bridgehead atoms. The van der Waals surface area contributed by atoms with E-state index in [4.69, 9.17) is 5.73 Å². The number of halogens is 1. The van der Waals surface area contributed by atoms with Gasteiger partial charge in [0.2, 0.25) is 5.95 Å². The first-order valence-electron chi connectivity index (χ1n) is 5.45. The van der Waals surface area contributed by atoms with Gasteiger partial charge in [-0.3, -0.25) is 0 Å². The number of hydrogen-bond acceptors (Lipinski definition) is 8. The van der Waals surface area contributed by atoms with Gasteiger partial charge in [-0.05, 0) is 13.0 Å². The molecule has 0 spiro atoms. The Bertz CT molecular complexity index is 696. The molecule has 104 valence electrons. The van der Waals surface area contributed by atoms with Gasteiger partial charge in [0.25, 0.3) is 0 Å². The van der Waals surface area contributed by atoms with Crippen LogP contribution < -0.4 is 11.1 Å². The number of thiazole rings is 2. The van der Waals surface area contributed by atoms with Gasteiger partial charge in [-0.1, -0.05) is 11.3 Å². The van der Waals surface area contributed by atoms with Gasteiger partial charge in [0.1, 0.15) is 0 Å². The van der Waals surface area contributed by atoms with Crippen LogP contribution in [0.15, 0.2) is 23.8 Å². The van der Waals surface area contributed by atoms with Crippen LogP contribution >= 0.6 is 39.7 Å². The van der Waals surface area contributed by atoms with Crippen molar-refractivity contribution >= 4 is 55.9 Å². The summed E-state index contributed by atoms with van der Waals surface area (Å²) in [6, 6.07) is 1.77. The predicted molar refractivity (Wildman–Crippen MR) is 88.0 cm³/mol. The summed E-state index contributed by atoms with van der Waals surface area (Å²) in [5, 5.41) is 6.32. The maximum absolute atomic E-state index is 5.69. The van der Waals surface area contributed by atoms with E-state index in [2.05, 4.69) is 25.3 Å². The first-order chi connectivity index (χ1) is 9.22. The highest BCUT2D eigenvalue weighted by molar-refractivity contribution is 8.93. The molecule has 6 nitrogen and oxygen atoms in total. The summed E-state index contributed by atoms with van der Waals surface area (Å²) in [6.45, 7) is 1.93. The number of nitrogens with one attached hydrogen (secondary N) is 1. The maximum Gasteiger partial charge on any atom is 0.228 e. The van der Waals surface area contributed by atoms with Gasteiger partial charge in [-0.2, -0.15) is 0 Å². The van der Waals surface area contributed by atoms with E-state index in [1.807, 2.05) is 12.3 Å². The van der Waals surface area contributed by atoms with Gasteiger partial charge in [0.05, 0.1) is 16.3 Å². The van der Waals surface area contributed by atoms with Gasteiger partial charge in [-0.25, -0.2) is 19.9 Å². The first-order valence-corrected chi connectivity index (χ1v) is 7.15. The van der Waals surface area contributed by atoms with Gasteiger partial charge in [0.15, 0.2) is 10.3 Å². The summed E-state index contributed by atoms with van der Waals surface area (Å²) >= 11 is 2.93. The first kappa shape index (κ1) is 14.8. The fraction of sp³-hybridized carbons (Fsp3) is 0.0909. The van der Waals surface area contributed by atoms with Crippen LogP contribution in [-0.4, -0.2) is 19.9 Å². The van der Waals surface area contributed by atoms with Gasteiger partial charge in [0, 0.05) is 17.8 Å². The molecule has 0 aliphatic rings. The minimum absolute atomic E-state index is 0. The zero-order valence-corrected chi connectivity index (χ0v) is 13.7. The van der Waals surface area contributed by atoms with Crippen LogP contribution in [0.2, 0.25) is 0 Å². The molecule has 0 radical (unpaired) electrons. The SMILES string of the molecule is Br.Cc1nc(N)sc1-c1csc(Nc2ncccn2)n1. The van der Waals surface area contributed by atoms with Crippen LogP contribution in [0.4, 0.5) is 16.2 Å². The minimum Gasteiger partial charge on any atom is -0.375 e. The highest BCUT2D eigenvalue weighted by Crippen LogP contribution is 2.33. The van der Waals surface area contributed by atoms with Crippen molar-refractivity contribution in [1.82, 2.24) is 19.9 Å². The molecular formula is C11H11BrN6S2. The smallest absolute Gasteiger partial charge is 0.228 e. The number of nitrogen functional groups attached to an aromatic ring is 1. The zero-order chi connectivity index (χ0) is 13.2. The average Bonchev–Trinajstić information content (AvgIpc) is 2.97. The van der Waals surface area contributed by atoms with Crippen molar-refractivity contribution < 1.29 is 0 Å². The Kier molecular flexibility index (Phi) is 4.63. The zero-order valence-electron chi connectivity index (χ0n) is 10.4. The molecule has 0 atom stereocenters. The third kappa shape index (κ3) is 3.11. The largest absolute Gasteiger partial charge is 0.375 e. The molecule has 0 amide bonds. The van der Waals surface area contributed by atoms with Crippen molar-refractivity contribution in [2.45, 2.75) is 6.92 Å². The van der Waals surface area contributed by atoms with Crippen molar-refractivity contribution in [3.05, 3.63) is 29.5 Å². The van der Waals surface area contributed by atoms with Crippen molar-refractivity contribution in [2.24, 2.45) is 0 Å². The second-order valence-corrected chi connectivity index (χ2v) is 5.59. The Hall–Kier alpha value is -1.58. The summed E-state index contributed by atoms with van der Waals surface area (Å²) in [6.07, 6.45) is 3.36. The number of nitrogens with zero attached hydrogens (tertiary/aromatic N) is 4. The normalized spacial score (nSPS) is 10.1. The molecule has 0 saturated carbocycles. The lowest BCUT2D eigenvalue weighted by molar-refractivity contribution is 1.16. The van der Waals surface area contributed by atoms with Gasteiger partial charge >= 0.3 is 0 Å². The summed E-state index contributed by atoms with van der Waals surface area (Å²) < 4.78 is 0. The van der Waals surface area contributed by atoms with Gasteiger partial charge < -0.3 is 11.1 Å². The van der Waals surface area contributed by atoms with E-state index >= 15 is 0 Å². The predicted octanol–water partition coefficient (Wildman–Crippen LogP) is 3.27. The Balaban J connectivity index is 0.00000147. The molecule has 0 saturated heterocycles. The molecule has 3 aromatic rings. The fourth-order valence-corrected chi connectivity index (χ4v) is 3.11. The lowest BCUT2D eigenvalue weighted by Crippen LogP contribution is -1.94. The van der Waals surface area contributed by atoms with Crippen LogP contribution in [0, 0.1) is 6.92 Å². The van der Waals surface area contributed by atoms with Crippen LogP contribution in [0.3, 0.4) is 0 Å². The number of nitrogens with two attached hydrogens (primary N) is 1. The molecule has 0 fully saturated rings. The Morgan fingerprint density at radius 2 is 1.95 bits per heavy atom. The minimum atomic E-state index is 0. The lowest BCUT2D eigenvalue weighted by atomic mass is 10.3. The average molecular weight is 371 g/mol. The van der Waals surface area contributed by atoms with E-state index in [1.54, 1.807) is 18.5 Å². The van der Waals surface area contributed by atoms with Crippen molar-refractivity contribution in [3.8, 4) is 10.6 Å². The molecule has 0 aliphatic carbocycles. The fourth-order valence-electron chi connectivity index (χ4n) is 1.55. The van der Waals surface area contributed by atoms with E-state index in [-0.39, 0.29) is 17.0 Å². The van der Waals surface area contributed by atoms with E-state index in [0.29, 0.717) is 11.1 Å². The third-order valence-corrected chi connectivity index (χ3v) is 4.10. The molecule has 3 aromatic heterocycles. The second-order valence-electron chi connectivity index (χ2n) is 3.70. The van der Waals surface area contributed by atoms with Crippen LogP contribution in [0.1, 0.15) is 5.69 Å². The molecule has 0 aliphatic heterocycles. The van der Waals surface area contributed by atoms with Crippen LogP contribution in [0.25, 0.3) is 10.6 Å². The van der Waals surface area contributed by atoms with E-state index in [1.165, 1.54) is 22.7 Å². The molecule has 20 heavy (non-hydrogen) atoms. The number of anilines is 3. The summed E-state index contributed by atoms with van der Waals surface area (Å²) in [5.74, 6) is 0.531. The van der Waals surface area contributed by atoms with Crippen molar-refractivity contribution in [2.75, 3.05) is 11.1 Å². The van der Waals surface area contributed by atoms with Crippen molar-refractivity contribution in [3.63, 3.8) is 0 Å². The van der Waals surface area contributed by atoms with Crippen molar-refractivity contribution in [1.29, 1.82) is 0 Å². The maximum atomic E-state index is 5.69. The highest BCUT2D eigenvalue weighted by atomic mass is 79.9. The topological polar surface area (TPSA) is 89.6 Å². The number of hydrogen-bond donors (Lipinski definition) is 2. The van der Waals surface area contributed by atoms with E-state index < -0.39 is 0 Å². The van der Waals surface area contributed by atoms with Gasteiger partial charge in [-0.15, -0.1) is 28.3 Å². The quantitative estimate of drug-likeness (QED) is 0.735. The molecular weight excluding hydrogens is 360 g/mol.